The van der Waals surface area contributed by atoms with E-state index in [4.69, 9.17) is 5.26 Å². The molecule has 18 heavy (non-hydrogen) atoms. The van der Waals surface area contributed by atoms with E-state index in [-0.39, 0.29) is 17.5 Å². The van der Waals surface area contributed by atoms with Crippen molar-refractivity contribution < 1.29 is 9.18 Å². The van der Waals surface area contributed by atoms with Crippen molar-refractivity contribution in [2.24, 2.45) is 5.92 Å². The van der Waals surface area contributed by atoms with E-state index in [1.807, 2.05) is 6.92 Å². The molecule has 1 aromatic rings. The van der Waals surface area contributed by atoms with Gasteiger partial charge in [0.25, 0.3) is 5.91 Å². The van der Waals surface area contributed by atoms with E-state index in [0.717, 1.165) is 24.8 Å². The minimum atomic E-state index is -0.524. The van der Waals surface area contributed by atoms with Crippen molar-refractivity contribution in [2.75, 3.05) is 0 Å². The zero-order valence-electron chi connectivity index (χ0n) is 10.2. The van der Waals surface area contributed by atoms with Crippen LogP contribution < -0.4 is 5.32 Å². The van der Waals surface area contributed by atoms with E-state index in [1.165, 1.54) is 12.1 Å². The van der Waals surface area contributed by atoms with Crippen LogP contribution in [0.1, 0.15) is 35.2 Å². The van der Waals surface area contributed by atoms with Gasteiger partial charge in [0.2, 0.25) is 0 Å². The third-order valence-electron chi connectivity index (χ3n) is 3.36. The van der Waals surface area contributed by atoms with Gasteiger partial charge in [-0.25, -0.2) is 4.39 Å². The molecule has 1 aliphatic rings. The van der Waals surface area contributed by atoms with Gasteiger partial charge in [0, 0.05) is 6.04 Å². The van der Waals surface area contributed by atoms with Crippen LogP contribution in [0, 0.1) is 30.0 Å². The van der Waals surface area contributed by atoms with Gasteiger partial charge in [-0.3, -0.25) is 4.79 Å². The molecule has 4 heteroatoms. The number of hydrogen-bond donors (Lipinski definition) is 1. The van der Waals surface area contributed by atoms with Crippen molar-refractivity contribution in [3.05, 3.63) is 35.1 Å². The molecule has 1 aromatic carbocycles. The number of benzene rings is 1. The number of aryl methyl sites for hydroxylation is 1. The van der Waals surface area contributed by atoms with E-state index in [0.29, 0.717) is 0 Å². The monoisotopic (exact) mass is 246 g/mol. The zero-order chi connectivity index (χ0) is 13.1. The SMILES string of the molecule is Cc1ccc(F)c(C(=O)NC2CCCC2C#N)c1. The van der Waals surface area contributed by atoms with Crippen molar-refractivity contribution in [1.29, 1.82) is 5.26 Å². The topological polar surface area (TPSA) is 52.9 Å². The number of rotatable bonds is 2. The molecule has 1 saturated carbocycles. The van der Waals surface area contributed by atoms with E-state index >= 15 is 0 Å². The maximum atomic E-state index is 13.5. The highest BCUT2D eigenvalue weighted by Crippen LogP contribution is 2.25. The van der Waals surface area contributed by atoms with Crippen LogP contribution in [0.15, 0.2) is 18.2 Å². The molecule has 2 atom stereocenters. The Hall–Kier alpha value is -1.89. The molecule has 0 bridgehead atoms. The molecule has 1 aliphatic carbocycles. The summed E-state index contributed by atoms with van der Waals surface area (Å²) < 4.78 is 13.5. The molecule has 0 spiro atoms. The third kappa shape index (κ3) is 2.51. The van der Waals surface area contributed by atoms with Crippen molar-refractivity contribution in [3.8, 4) is 6.07 Å². The first kappa shape index (κ1) is 12.6. The lowest BCUT2D eigenvalue weighted by Crippen LogP contribution is -2.37. The minimum absolute atomic E-state index is 0.0542. The Bertz CT molecular complexity index is 507. The second-order valence-corrected chi connectivity index (χ2v) is 4.73. The van der Waals surface area contributed by atoms with E-state index in [1.54, 1.807) is 6.07 Å². The summed E-state index contributed by atoms with van der Waals surface area (Å²) in [6.07, 6.45) is 2.52. The van der Waals surface area contributed by atoms with Gasteiger partial charge in [-0.1, -0.05) is 11.6 Å². The zero-order valence-corrected chi connectivity index (χ0v) is 10.2. The Balaban J connectivity index is 2.13. The quantitative estimate of drug-likeness (QED) is 0.871. The summed E-state index contributed by atoms with van der Waals surface area (Å²) in [6.45, 7) is 1.81. The highest BCUT2D eigenvalue weighted by molar-refractivity contribution is 5.94. The summed E-state index contributed by atoms with van der Waals surface area (Å²) in [5, 5.41) is 11.7. The molecule has 0 aromatic heterocycles. The van der Waals surface area contributed by atoms with Crippen LogP contribution in [0.4, 0.5) is 4.39 Å². The van der Waals surface area contributed by atoms with Crippen LogP contribution in [0.3, 0.4) is 0 Å². The van der Waals surface area contributed by atoms with Crippen LogP contribution in [-0.4, -0.2) is 11.9 Å². The molecule has 0 radical (unpaired) electrons. The molecule has 1 fully saturated rings. The number of carbonyl (C=O) groups is 1. The van der Waals surface area contributed by atoms with Crippen LogP contribution in [0.5, 0.6) is 0 Å². The summed E-state index contributed by atoms with van der Waals surface area (Å²) in [6, 6.07) is 6.48. The maximum Gasteiger partial charge on any atom is 0.254 e. The lowest BCUT2D eigenvalue weighted by Gasteiger charge is -2.16. The lowest BCUT2D eigenvalue weighted by molar-refractivity contribution is 0.0928. The Morgan fingerprint density at radius 3 is 3.00 bits per heavy atom. The number of amides is 1. The molecule has 1 amide bonds. The first-order valence-corrected chi connectivity index (χ1v) is 6.08. The molecule has 2 unspecified atom stereocenters. The van der Waals surface area contributed by atoms with Crippen molar-refractivity contribution in [3.63, 3.8) is 0 Å². The number of nitriles is 1. The molecule has 0 saturated heterocycles. The number of carbonyl (C=O) groups excluding carboxylic acids is 1. The molecule has 1 N–H and O–H groups in total. The second-order valence-electron chi connectivity index (χ2n) is 4.73. The molecule has 3 nitrogen and oxygen atoms in total. The van der Waals surface area contributed by atoms with Gasteiger partial charge in [0.1, 0.15) is 5.82 Å². The predicted molar refractivity (Wildman–Crippen MR) is 65.3 cm³/mol. The van der Waals surface area contributed by atoms with Gasteiger partial charge in [0.05, 0.1) is 17.6 Å². The predicted octanol–water partition coefficient (Wildman–Crippen LogP) is 2.56. The van der Waals surface area contributed by atoms with Gasteiger partial charge in [0.15, 0.2) is 0 Å². The maximum absolute atomic E-state index is 13.5. The van der Waals surface area contributed by atoms with Crippen LogP contribution in [0.2, 0.25) is 0 Å². The second kappa shape index (κ2) is 5.18. The minimum Gasteiger partial charge on any atom is -0.348 e. The van der Waals surface area contributed by atoms with Crippen molar-refractivity contribution in [1.82, 2.24) is 5.32 Å². The number of hydrogen-bond acceptors (Lipinski definition) is 2. The highest BCUT2D eigenvalue weighted by atomic mass is 19.1. The van der Waals surface area contributed by atoms with Crippen LogP contribution in [0.25, 0.3) is 0 Å². The molecular formula is C14H15FN2O. The Morgan fingerprint density at radius 1 is 1.50 bits per heavy atom. The lowest BCUT2D eigenvalue weighted by atomic mass is 10.0. The Morgan fingerprint density at radius 2 is 2.28 bits per heavy atom. The van der Waals surface area contributed by atoms with Crippen molar-refractivity contribution >= 4 is 5.91 Å². The van der Waals surface area contributed by atoms with Gasteiger partial charge in [-0.15, -0.1) is 0 Å². The number of nitrogens with one attached hydrogen (secondary N) is 1. The average molecular weight is 246 g/mol. The van der Waals surface area contributed by atoms with Gasteiger partial charge in [-0.05, 0) is 38.3 Å². The molecule has 0 heterocycles. The molecule has 94 valence electrons. The van der Waals surface area contributed by atoms with Crippen molar-refractivity contribution in [2.45, 2.75) is 32.2 Å². The molecule has 0 aliphatic heterocycles. The standard InChI is InChI=1S/C14H15FN2O/c1-9-5-6-12(15)11(7-9)14(18)17-13-4-2-3-10(13)8-16/h5-7,10,13H,2-4H2,1H3,(H,17,18). The summed E-state index contributed by atoms with van der Waals surface area (Å²) in [5.41, 5.74) is 0.892. The van der Waals surface area contributed by atoms with E-state index in [9.17, 15) is 9.18 Å². The third-order valence-corrected chi connectivity index (χ3v) is 3.36. The fourth-order valence-corrected chi connectivity index (χ4v) is 2.35. The van der Waals surface area contributed by atoms with E-state index < -0.39 is 11.7 Å². The summed E-state index contributed by atoms with van der Waals surface area (Å²) >= 11 is 0. The van der Waals surface area contributed by atoms with Gasteiger partial charge in [-0.2, -0.15) is 5.26 Å². The van der Waals surface area contributed by atoms with Crippen LogP contribution >= 0.6 is 0 Å². The first-order chi connectivity index (χ1) is 8.61. The average Bonchev–Trinajstić information content (AvgIpc) is 2.79. The summed E-state index contributed by atoms with van der Waals surface area (Å²) in [5.74, 6) is -1.10. The highest BCUT2D eigenvalue weighted by Gasteiger charge is 2.29. The molecular weight excluding hydrogens is 231 g/mol. The Kier molecular flexibility index (Phi) is 3.61. The molecule has 2 rings (SSSR count). The van der Waals surface area contributed by atoms with Gasteiger partial charge >= 0.3 is 0 Å². The Labute approximate surface area is 106 Å². The fourth-order valence-electron chi connectivity index (χ4n) is 2.35. The number of nitrogens with zero attached hydrogens (tertiary/aromatic N) is 1. The number of halogens is 1. The van der Waals surface area contributed by atoms with Crippen LogP contribution in [-0.2, 0) is 0 Å². The van der Waals surface area contributed by atoms with Gasteiger partial charge < -0.3 is 5.32 Å². The first-order valence-electron chi connectivity index (χ1n) is 6.08. The summed E-state index contributed by atoms with van der Waals surface area (Å²) in [4.78, 5) is 12.0. The fraction of sp³-hybridized carbons (Fsp3) is 0.429. The largest absolute Gasteiger partial charge is 0.348 e. The summed E-state index contributed by atoms with van der Waals surface area (Å²) in [7, 11) is 0. The van der Waals surface area contributed by atoms with E-state index in [2.05, 4.69) is 11.4 Å². The smallest absolute Gasteiger partial charge is 0.254 e. The normalized spacial score (nSPS) is 22.5.